The van der Waals surface area contributed by atoms with E-state index in [1.165, 1.54) is 0 Å². The minimum absolute atomic E-state index is 0.249. The van der Waals surface area contributed by atoms with Gasteiger partial charge in [0.05, 0.1) is 29.7 Å². The molecule has 0 saturated carbocycles. The number of methoxy groups -OCH3 is 1. The molecule has 0 radical (unpaired) electrons. The molecule has 1 aromatic heterocycles. The molecule has 0 spiro atoms. The van der Waals surface area contributed by atoms with E-state index in [1.54, 1.807) is 31.4 Å². The SMILES string of the molecule is COc1cccc(-c2cc(-c3ccc(C(=O)O)cc3)nn2-c2ccccc2)c1. The summed E-state index contributed by atoms with van der Waals surface area (Å²) in [6, 6.07) is 26.4. The zero-order valence-corrected chi connectivity index (χ0v) is 15.2. The van der Waals surface area contributed by atoms with E-state index in [1.807, 2.05) is 65.3 Å². The molecule has 0 bridgehead atoms. The monoisotopic (exact) mass is 370 g/mol. The maximum absolute atomic E-state index is 11.1. The Morgan fingerprint density at radius 2 is 1.64 bits per heavy atom. The summed E-state index contributed by atoms with van der Waals surface area (Å²) < 4.78 is 7.25. The van der Waals surface area contributed by atoms with Crippen LogP contribution < -0.4 is 4.74 Å². The fraction of sp³-hybridized carbons (Fsp3) is 0.0435. The predicted molar refractivity (Wildman–Crippen MR) is 108 cm³/mol. The third-order valence-corrected chi connectivity index (χ3v) is 4.50. The van der Waals surface area contributed by atoms with Gasteiger partial charge >= 0.3 is 5.97 Å². The number of carboxylic acid groups (broad SMARTS) is 1. The second-order valence-corrected chi connectivity index (χ2v) is 6.28. The third kappa shape index (κ3) is 3.38. The molecule has 28 heavy (non-hydrogen) atoms. The number of aromatic carboxylic acids is 1. The average Bonchev–Trinajstić information content (AvgIpc) is 3.20. The van der Waals surface area contributed by atoms with E-state index in [2.05, 4.69) is 0 Å². The average molecular weight is 370 g/mol. The highest BCUT2D eigenvalue weighted by Gasteiger charge is 2.14. The van der Waals surface area contributed by atoms with Gasteiger partial charge in [-0.05, 0) is 42.5 Å². The fourth-order valence-electron chi connectivity index (χ4n) is 3.06. The molecule has 3 aromatic carbocycles. The van der Waals surface area contributed by atoms with Crippen molar-refractivity contribution in [2.75, 3.05) is 7.11 Å². The van der Waals surface area contributed by atoms with Crippen molar-refractivity contribution in [3.05, 3.63) is 90.5 Å². The van der Waals surface area contributed by atoms with Gasteiger partial charge < -0.3 is 9.84 Å². The van der Waals surface area contributed by atoms with Gasteiger partial charge in [0.1, 0.15) is 5.75 Å². The molecule has 0 saturated heterocycles. The number of benzene rings is 3. The van der Waals surface area contributed by atoms with Crippen LogP contribution in [0.4, 0.5) is 0 Å². The Hall–Kier alpha value is -3.86. The van der Waals surface area contributed by atoms with E-state index in [-0.39, 0.29) is 5.56 Å². The molecule has 0 unspecified atom stereocenters. The van der Waals surface area contributed by atoms with Crippen molar-refractivity contribution in [1.29, 1.82) is 0 Å². The smallest absolute Gasteiger partial charge is 0.335 e. The van der Waals surface area contributed by atoms with E-state index >= 15 is 0 Å². The predicted octanol–water partition coefficient (Wildman–Crippen LogP) is 4.91. The molecule has 138 valence electrons. The van der Waals surface area contributed by atoms with Crippen molar-refractivity contribution in [3.63, 3.8) is 0 Å². The van der Waals surface area contributed by atoms with Gasteiger partial charge in [-0.1, -0.05) is 42.5 Å². The first-order valence-corrected chi connectivity index (χ1v) is 8.79. The van der Waals surface area contributed by atoms with Gasteiger partial charge in [-0.3, -0.25) is 0 Å². The first-order valence-electron chi connectivity index (χ1n) is 8.79. The number of aromatic nitrogens is 2. The highest BCUT2D eigenvalue weighted by Crippen LogP contribution is 2.30. The summed E-state index contributed by atoms with van der Waals surface area (Å²) in [5, 5.41) is 13.9. The third-order valence-electron chi connectivity index (χ3n) is 4.50. The number of nitrogens with zero attached hydrogens (tertiary/aromatic N) is 2. The molecule has 1 N–H and O–H groups in total. The Morgan fingerprint density at radius 1 is 0.893 bits per heavy atom. The van der Waals surface area contributed by atoms with E-state index in [0.717, 1.165) is 34.0 Å². The Labute approximate surface area is 162 Å². The molecule has 0 aliphatic heterocycles. The summed E-state index contributed by atoms with van der Waals surface area (Å²) in [6.45, 7) is 0. The summed E-state index contributed by atoms with van der Waals surface area (Å²) in [5.41, 5.74) is 4.70. The molecule has 0 atom stereocenters. The lowest BCUT2D eigenvalue weighted by molar-refractivity contribution is 0.0697. The van der Waals surface area contributed by atoms with Crippen LogP contribution in [0.2, 0.25) is 0 Å². The topological polar surface area (TPSA) is 64.3 Å². The van der Waals surface area contributed by atoms with Crippen LogP contribution in [0, 0.1) is 0 Å². The van der Waals surface area contributed by atoms with Gasteiger partial charge in [-0.25, -0.2) is 9.48 Å². The number of hydrogen-bond donors (Lipinski definition) is 1. The molecule has 5 nitrogen and oxygen atoms in total. The summed E-state index contributed by atoms with van der Waals surface area (Å²) in [7, 11) is 1.64. The summed E-state index contributed by atoms with van der Waals surface area (Å²) in [4.78, 5) is 11.1. The molecule has 0 aliphatic rings. The Kier molecular flexibility index (Phi) is 4.64. The summed E-state index contributed by atoms with van der Waals surface area (Å²) in [6.07, 6.45) is 0. The van der Waals surface area contributed by atoms with Crippen LogP contribution in [-0.4, -0.2) is 28.0 Å². The molecular weight excluding hydrogens is 352 g/mol. The lowest BCUT2D eigenvalue weighted by Crippen LogP contribution is -1.99. The van der Waals surface area contributed by atoms with Crippen LogP contribution >= 0.6 is 0 Å². The van der Waals surface area contributed by atoms with E-state index in [9.17, 15) is 4.79 Å². The highest BCUT2D eigenvalue weighted by molar-refractivity contribution is 5.88. The Morgan fingerprint density at radius 3 is 2.32 bits per heavy atom. The Balaban J connectivity index is 1.85. The highest BCUT2D eigenvalue weighted by atomic mass is 16.5. The second-order valence-electron chi connectivity index (χ2n) is 6.28. The lowest BCUT2D eigenvalue weighted by Gasteiger charge is -2.08. The van der Waals surface area contributed by atoms with Crippen molar-refractivity contribution < 1.29 is 14.6 Å². The van der Waals surface area contributed by atoms with E-state index < -0.39 is 5.97 Å². The van der Waals surface area contributed by atoms with Crippen molar-refractivity contribution in [1.82, 2.24) is 9.78 Å². The molecule has 5 heteroatoms. The van der Waals surface area contributed by atoms with E-state index in [4.69, 9.17) is 14.9 Å². The van der Waals surface area contributed by atoms with Crippen molar-refractivity contribution in [3.8, 4) is 34.0 Å². The van der Waals surface area contributed by atoms with Crippen LogP contribution in [0.25, 0.3) is 28.2 Å². The molecule has 4 rings (SSSR count). The summed E-state index contributed by atoms with van der Waals surface area (Å²) >= 11 is 0. The maximum Gasteiger partial charge on any atom is 0.335 e. The van der Waals surface area contributed by atoms with Crippen LogP contribution in [0.15, 0.2) is 84.9 Å². The summed E-state index contributed by atoms with van der Waals surface area (Å²) in [5.74, 6) is -0.177. The standard InChI is InChI=1S/C23H18N2O3/c1-28-20-9-5-6-18(14-20)22-15-21(16-10-12-17(13-11-16)23(26)27)24-25(22)19-7-3-2-4-8-19/h2-15H,1H3,(H,26,27). The van der Waals surface area contributed by atoms with Crippen LogP contribution in [0.3, 0.4) is 0 Å². The number of ether oxygens (including phenoxy) is 1. The Bertz CT molecular complexity index is 1120. The maximum atomic E-state index is 11.1. The van der Waals surface area contributed by atoms with Gasteiger partial charge in [0.25, 0.3) is 0 Å². The second kappa shape index (κ2) is 7.40. The quantitative estimate of drug-likeness (QED) is 0.542. The van der Waals surface area contributed by atoms with Gasteiger partial charge in [-0.2, -0.15) is 5.10 Å². The van der Waals surface area contributed by atoms with Crippen LogP contribution in [-0.2, 0) is 0 Å². The first-order chi connectivity index (χ1) is 13.7. The van der Waals surface area contributed by atoms with Crippen LogP contribution in [0.1, 0.15) is 10.4 Å². The first kappa shape index (κ1) is 17.5. The van der Waals surface area contributed by atoms with Crippen molar-refractivity contribution >= 4 is 5.97 Å². The zero-order chi connectivity index (χ0) is 19.5. The van der Waals surface area contributed by atoms with Crippen molar-refractivity contribution in [2.45, 2.75) is 0 Å². The fourth-order valence-corrected chi connectivity index (χ4v) is 3.06. The van der Waals surface area contributed by atoms with E-state index in [0.29, 0.717) is 0 Å². The van der Waals surface area contributed by atoms with Crippen LogP contribution in [0.5, 0.6) is 5.75 Å². The molecule has 0 fully saturated rings. The number of para-hydroxylation sites is 1. The number of rotatable bonds is 5. The van der Waals surface area contributed by atoms with Gasteiger partial charge in [0.15, 0.2) is 0 Å². The van der Waals surface area contributed by atoms with Gasteiger partial charge in [0.2, 0.25) is 0 Å². The molecule has 0 amide bonds. The van der Waals surface area contributed by atoms with Gasteiger partial charge in [-0.15, -0.1) is 0 Å². The molecule has 1 heterocycles. The molecular formula is C23H18N2O3. The minimum Gasteiger partial charge on any atom is -0.497 e. The van der Waals surface area contributed by atoms with Crippen molar-refractivity contribution in [2.24, 2.45) is 0 Å². The zero-order valence-electron chi connectivity index (χ0n) is 15.2. The molecule has 0 aliphatic carbocycles. The molecule has 4 aromatic rings. The number of hydrogen-bond acceptors (Lipinski definition) is 3. The lowest BCUT2D eigenvalue weighted by atomic mass is 10.1. The van der Waals surface area contributed by atoms with Gasteiger partial charge in [0, 0.05) is 11.1 Å². The normalized spacial score (nSPS) is 10.6. The minimum atomic E-state index is -0.946. The largest absolute Gasteiger partial charge is 0.497 e. The number of carboxylic acids is 1. The number of carbonyl (C=O) groups is 1.